The predicted octanol–water partition coefficient (Wildman–Crippen LogP) is 1.36. The third-order valence-corrected chi connectivity index (χ3v) is 3.00. The molecule has 84 valence electrons. The highest BCUT2D eigenvalue weighted by atomic mass is 32.2. The van der Waals surface area contributed by atoms with Crippen LogP contribution in [0.1, 0.15) is 0 Å². The zero-order chi connectivity index (χ0) is 11.8. The van der Waals surface area contributed by atoms with E-state index in [0.717, 1.165) is 0 Å². The zero-order valence-corrected chi connectivity index (χ0v) is 9.81. The average Bonchev–Trinajstić information content (AvgIpc) is 2.38. The van der Waals surface area contributed by atoms with Crippen LogP contribution in [-0.2, 0) is 0 Å². The van der Waals surface area contributed by atoms with Gasteiger partial charge in [-0.2, -0.15) is 0 Å². The Morgan fingerprint density at radius 1 is 1.29 bits per heavy atom. The van der Waals surface area contributed by atoms with Crippen molar-refractivity contribution >= 4 is 28.4 Å². The van der Waals surface area contributed by atoms with E-state index in [1.54, 1.807) is 18.3 Å². The molecule has 0 aromatic carbocycles. The van der Waals surface area contributed by atoms with E-state index in [4.69, 9.17) is 0 Å². The number of hydrogen-bond acceptors (Lipinski definition) is 5. The molecule has 0 bridgehead atoms. The summed E-state index contributed by atoms with van der Waals surface area (Å²) in [5, 5.41) is 1.05. The minimum absolute atomic E-state index is 0.141. The molecule has 3 aromatic heterocycles. The normalized spacial score (nSPS) is 11.1. The van der Waals surface area contributed by atoms with E-state index in [1.165, 1.54) is 22.4 Å². The third-order valence-electron chi connectivity index (χ3n) is 2.44. The van der Waals surface area contributed by atoms with Crippen molar-refractivity contribution in [1.29, 1.82) is 0 Å². The van der Waals surface area contributed by atoms with E-state index in [9.17, 15) is 4.79 Å². The molecule has 3 rings (SSSR count). The SMILES string of the molecule is CSc1ncc2c(=O)n3ccccc3nc2n1. The van der Waals surface area contributed by atoms with Crippen molar-refractivity contribution in [3.8, 4) is 0 Å². The van der Waals surface area contributed by atoms with Crippen LogP contribution in [0.4, 0.5) is 0 Å². The molecule has 17 heavy (non-hydrogen) atoms. The number of hydrogen-bond donors (Lipinski definition) is 0. The van der Waals surface area contributed by atoms with Crippen molar-refractivity contribution in [2.24, 2.45) is 0 Å². The molecule has 0 amide bonds. The Balaban J connectivity index is 2.50. The Morgan fingerprint density at radius 2 is 2.18 bits per heavy atom. The molecule has 0 aliphatic heterocycles. The van der Waals surface area contributed by atoms with Crippen molar-refractivity contribution in [2.75, 3.05) is 6.26 Å². The molecule has 0 fully saturated rings. The molecule has 3 aromatic rings. The van der Waals surface area contributed by atoms with Gasteiger partial charge in [0, 0.05) is 12.4 Å². The Labute approximate surface area is 101 Å². The molecule has 0 saturated heterocycles. The summed E-state index contributed by atoms with van der Waals surface area (Å²) in [6.45, 7) is 0. The summed E-state index contributed by atoms with van der Waals surface area (Å²) in [6.07, 6.45) is 5.10. The first kappa shape index (κ1) is 10.2. The van der Waals surface area contributed by atoms with Crippen LogP contribution in [0.5, 0.6) is 0 Å². The van der Waals surface area contributed by atoms with Gasteiger partial charge in [-0.15, -0.1) is 0 Å². The maximum atomic E-state index is 12.1. The number of aromatic nitrogens is 4. The highest BCUT2D eigenvalue weighted by Crippen LogP contribution is 2.11. The molecule has 0 radical (unpaired) electrons. The molecule has 0 atom stereocenters. The number of pyridine rings is 1. The third kappa shape index (κ3) is 1.57. The fraction of sp³-hybridized carbons (Fsp3) is 0.0909. The van der Waals surface area contributed by atoms with Crippen LogP contribution in [0.15, 0.2) is 40.5 Å². The first-order valence-corrected chi connectivity index (χ1v) is 6.20. The second-order valence-corrected chi connectivity index (χ2v) is 4.21. The van der Waals surface area contributed by atoms with Crippen molar-refractivity contribution in [3.63, 3.8) is 0 Å². The van der Waals surface area contributed by atoms with Gasteiger partial charge in [-0.25, -0.2) is 15.0 Å². The van der Waals surface area contributed by atoms with Gasteiger partial charge in [0.1, 0.15) is 11.0 Å². The highest BCUT2D eigenvalue weighted by Gasteiger charge is 2.07. The van der Waals surface area contributed by atoms with Gasteiger partial charge in [-0.05, 0) is 18.4 Å². The van der Waals surface area contributed by atoms with Crippen LogP contribution in [-0.4, -0.2) is 25.6 Å². The molecule has 0 unspecified atom stereocenters. The van der Waals surface area contributed by atoms with Crippen molar-refractivity contribution in [3.05, 3.63) is 40.9 Å². The minimum Gasteiger partial charge on any atom is -0.268 e. The molecule has 3 heterocycles. The molecule has 0 N–H and O–H groups in total. The fourth-order valence-corrected chi connectivity index (χ4v) is 1.96. The van der Waals surface area contributed by atoms with Gasteiger partial charge in [0.05, 0.1) is 0 Å². The van der Waals surface area contributed by atoms with E-state index in [-0.39, 0.29) is 5.56 Å². The van der Waals surface area contributed by atoms with Gasteiger partial charge in [0.25, 0.3) is 5.56 Å². The Morgan fingerprint density at radius 3 is 3.00 bits per heavy atom. The number of thioether (sulfide) groups is 1. The zero-order valence-electron chi connectivity index (χ0n) is 8.99. The topological polar surface area (TPSA) is 60.2 Å². The summed E-state index contributed by atoms with van der Waals surface area (Å²) in [5.74, 6) is 0. The predicted molar refractivity (Wildman–Crippen MR) is 66.3 cm³/mol. The summed E-state index contributed by atoms with van der Waals surface area (Å²) in [7, 11) is 0. The Kier molecular flexibility index (Phi) is 2.29. The van der Waals surface area contributed by atoms with Gasteiger partial charge in [-0.3, -0.25) is 9.20 Å². The smallest absolute Gasteiger partial charge is 0.268 e. The van der Waals surface area contributed by atoms with E-state index >= 15 is 0 Å². The van der Waals surface area contributed by atoms with E-state index < -0.39 is 0 Å². The van der Waals surface area contributed by atoms with E-state index in [0.29, 0.717) is 21.8 Å². The van der Waals surface area contributed by atoms with Crippen LogP contribution < -0.4 is 5.56 Å². The van der Waals surface area contributed by atoms with Crippen molar-refractivity contribution in [1.82, 2.24) is 19.4 Å². The summed E-state index contributed by atoms with van der Waals surface area (Å²) >= 11 is 1.42. The van der Waals surface area contributed by atoms with Crippen LogP contribution in [0.3, 0.4) is 0 Å². The average molecular weight is 244 g/mol. The lowest BCUT2D eigenvalue weighted by Crippen LogP contribution is -2.15. The van der Waals surface area contributed by atoms with Gasteiger partial charge in [0.2, 0.25) is 0 Å². The summed E-state index contributed by atoms with van der Waals surface area (Å²) in [4.78, 5) is 24.8. The van der Waals surface area contributed by atoms with Crippen LogP contribution in [0.2, 0.25) is 0 Å². The fourth-order valence-electron chi connectivity index (χ4n) is 1.63. The summed E-state index contributed by atoms with van der Waals surface area (Å²) in [6, 6.07) is 5.41. The lowest BCUT2D eigenvalue weighted by Gasteiger charge is -2.02. The van der Waals surface area contributed by atoms with Gasteiger partial charge >= 0.3 is 0 Å². The highest BCUT2D eigenvalue weighted by molar-refractivity contribution is 7.98. The Bertz CT molecular complexity index is 768. The molecule has 0 aliphatic carbocycles. The quantitative estimate of drug-likeness (QED) is 0.367. The van der Waals surface area contributed by atoms with Crippen LogP contribution in [0, 0.1) is 0 Å². The number of nitrogens with zero attached hydrogens (tertiary/aromatic N) is 4. The molecule has 6 heteroatoms. The lowest BCUT2D eigenvalue weighted by molar-refractivity contribution is 0.972. The van der Waals surface area contributed by atoms with Crippen LogP contribution in [0.25, 0.3) is 16.7 Å². The van der Waals surface area contributed by atoms with Gasteiger partial charge < -0.3 is 0 Å². The second-order valence-electron chi connectivity index (χ2n) is 3.44. The minimum atomic E-state index is -0.141. The molecular formula is C11H8N4OS. The largest absolute Gasteiger partial charge is 0.268 e. The van der Waals surface area contributed by atoms with Crippen molar-refractivity contribution in [2.45, 2.75) is 5.16 Å². The van der Waals surface area contributed by atoms with Gasteiger partial charge in [0.15, 0.2) is 10.8 Å². The number of rotatable bonds is 1. The first-order chi connectivity index (χ1) is 8.29. The maximum Gasteiger partial charge on any atom is 0.268 e. The molecule has 0 spiro atoms. The van der Waals surface area contributed by atoms with Crippen LogP contribution >= 0.6 is 11.8 Å². The van der Waals surface area contributed by atoms with E-state index in [2.05, 4.69) is 15.0 Å². The molecule has 5 nitrogen and oxygen atoms in total. The lowest BCUT2D eigenvalue weighted by atomic mass is 10.4. The Hall–Kier alpha value is -1.95. The maximum absolute atomic E-state index is 12.1. The first-order valence-electron chi connectivity index (χ1n) is 4.98. The molecule has 0 saturated carbocycles. The molecule has 0 aliphatic rings. The van der Waals surface area contributed by atoms with Gasteiger partial charge in [-0.1, -0.05) is 17.8 Å². The second kappa shape index (κ2) is 3.81. The number of fused-ring (bicyclic) bond motifs is 2. The summed E-state index contributed by atoms with van der Waals surface area (Å²) in [5.41, 5.74) is 0.898. The monoisotopic (exact) mass is 244 g/mol. The summed E-state index contributed by atoms with van der Waals surface area (Å²) < 4.78 is 1.49. The molecular weight excluding hydrogens is 236 g/mol. The standard InChI is InChI=1S/C11H8N4OS/c1-17-11-12-6-7-9(14-11)13-8-4-2-3-5-15(8)10(7)16/h2-6H,1H3. The van der Waals surface area contributed by atoms with Crippen molar-refractivity contribution < 1.29 is 0 Å². The van der Waals surface area contributed by atoms with E-state index in [1.807, 2.05) is 12.3 Å².